The second-order valence-electron chi connectivity index (χ2n) is 3.03. The quantitative estimate of drug-likeness (QED) is 0.607. The largest absolute Gasteiger partial charge is 0.314 e. The minimum Gasteiger partial charge on any atom is -0.314 e. The van der Waals surface area contributed by atoms with Gasteiger partial charge in [0.1, 0.15) is 12.1 Å². The van der Waals surface area contributed by atoms with Gasteiger partial charge in [-0.25, -0.2) is 0 Å². The normalized spacial score (nSPS) is 35.7. The Labute approximate surface area is 70.3 Å². The molecule has 0 saturated carbocycles. The lowest BCUT2D eigenvalue weighted by atomic mass is 10.0. The molecule has 2 aliphatic heterocycles. The van der Waals surface area contributed by atoms with Gasteiger partial charge in [-0.3, -0.25) is 4.84 Å². The van der Waals surface area contributed by atoms with Gasteiger partial charge in [-0.1, -0.05) is 0 Å². The number of fused-ring (bicyclic) bond motifs is 1. The highest BCUT2D eigenvalue weighted by molar-refractivity contribution is 4.88. The number of piperidine rings is 1. The van der Waals surface area contributed by atoms with E-state index in [0.717, 1.165) is 6.42 Å². The molecule has 1 fully saturated rings. The second-order valence-corrected chi connectivity index (χ2v) is 3.03. The third kappa shape index (κ3) is 1.17. The number of hydrogen-bond donors (Lipinski definition) is 1. The van der Waals surface area contributed by atoms with E-state index in [-0.39, 0.29) is 12.1 Å². The van der Waals surface area contributed by atoms with Crippen LogP contribution in [0.4, 0.5) is 0 Å². The highest BCUT2D eigenvalue weighted by Gasteiger charge is 2.37. The highest BCUT2D eigenvalue weighted by atomic mass is 16.7. The third-order valence-electron chi connectivity index (χ3n) is 2.28. The van der Waals surface area contributed by atoms with Gasteiger partial charge in [-0.15, -0.1) is 5.17 Å². The molecular formula is C6H12N4O2. The van der Waals surface area contributed by atoms with E-state index in [2.05, 4.69) is 10.3 Å². The molecule has 2 atom stereocenters. The average Bonchev–Trinajstić information content (AvgIpc) is 2.46. The number of rotatable bonds is 1. The van der Waals surface area contributed by atoms with Crippen LogP contribution in [0, 0.1) is 0 Å². The minimum atomic E-state index is 0.0590. The molecule has 0 aliphatic carbocycles. The summed E-state index contributed by atoms with van der Waals surface area (Å²) in [6, 6.07) is 0.266. The van der Waals surface area contributed by atoms with Gasteiger partial charge in [0.05, 0.1) is 13.7 Å². The molecule has 0 amide bonds. The number of hydroxylamine groups is 3. The predicted octanol–water partition coefficient (Wildman–Crippen LogP) is 0.0627. The van der Waals surface area contributed by atoms with E-state index in [9.17, 15) is 5.21 Å². The summed E-state index contributed by atoms with van der Waals surface area (Å²) in [6.07, 6.45) is 0.835. The van der Waals surface area contributed by atoms with Crippen molar-refractivity contribution < 1.29 is 10.0 Å². The van der Waals surface area contributed by atoms with Crippen LogP contribution in [-0.2, 0) is 4.84 Å². The molecule has 2 unspecified atom stereocenters. The molecule has 2 heterocycles. The monoisotopic (exact) mass is 172 g/mol. The van der Waals surface area contributed by atoms with E-state index < -0.39 is 0 Å². The summed E-state index contributed by atoms with van der Waals surface area (Å²) in [6.45, 7) is 1.21. The van der Waals surface area contributed by atoms with E-state index >= 15 is 0 Å². The summed E-state index contributed by atoms with van der Waals surface area (Å²) < 4.78 is 0. The molecule has 0 aromatic carbocycles. The smallest absolute Gasteiger partial charge is 0.113 e. The van der Waals surface area contributed by atoms with Crippen LogP contribution in [0.25, 0.3) is 0 Å². The summed E-state index contributed by atoms with van der Waals surface area (Å²) in [5.41, 5.74) is 0. The van der Waals surface area contributed by atoms with Crippen molar-refractivity contribution in [3.05, 3.63) is 0 Å². The summed E-state index contributed by atoms with van der Waals surface area (Å²) in [5, 5.41) is 19.8. The van der Waals surface area contributed by atoms with Crippen molar-refractivity contribution in [1.29, 1.82) is 0 Å². The van der Waals surface area contributed by atoms with Crippen molar-refractivity contribution in [1.82, 2.24) is 10.2 Å². The van der Waals surface area contributed by atoms with Gasteiger partial charge in [-0.05, 0) is 11.6 Å². The maximum Gasteiger partial charge on any atom is 0.113 e. The van der Waals surface area contributed by atoms with E-state index in [4.69, 9.17) is 4.84 Å². The maximum atomic E-state index is 9.19. The Hall–Kier alpha value is -0.720. The first kappa shape index (κ1) is 7.90. The fourth-order valence-corrected chi connectivity index (χ4v) is 1.63. The van der Waals surface area contributed by atoms with Crippen LogP contribution < -0.4 is 0 Å². The highest BCUT2D eigenvalue weighted by Crippen LogP contribution is 2.24. The zero-order valence-electron chi connectivity index (χ0n) is 6.92. The summed E-state index contributed by atoms with van der Waals surface area (Å²) in [5.74, 6) is 0. The van der Waals surface area contributed by atoms with Crippen molar-refractivity contribution in [3.63, 3.8) is 0 Å². The first-order chi connectivity index (χ1) is 5.81. The molecule has 0 aromatic rings. The molecule has 0 spiro atoms. The molecule has 0 radical (unpaired) electrons. The van der Waals surface area contributed by atoms with Gasteiger partial charge in [-0.2, -0.15) is 10.2 Å². The van der Waals surface area contributed by atoms with E-state index in [1.807, 2.05) is 0 Å². The lowest BCUT2D eigenvalue weighted by molar-refractivity contribution is -0.181. The molecule has 12 heavy (non-hydrogen) atoms. The molecule has 1 saturated heterocycles. The number of nitrogens with zero attached hydrogens (tertiary/aromatic N) is 4. The van der Waals surface area contributed by atoms with Gasteiger partial charge in [0.25, 0.3) is 0 Å². The van der Waals surface area contributed by atoms with Crippen molar-refractivity contribution in [3.8, 4) is 0 Å². The molecule has 1 N–H and O–H groups in total. The molecule has 0 bridgehead atoms. The van der Waals surface area contributed by atoms with Crippen LogP contribution in [0.3, 0.4) is 0 Å². The van der Waals surface area contributed by atoms with Crippen LogP contribution in [-0.4, -0.2) is 47.7 Å². The third-order valence-corrected chi connectivity index (χ3v) is 2.28. The van der Waals surface area contributed by atoms with Gasteiger partial charge < -0.3 is 5.21 Å². The molecule has 6 nitrogen and oxygen atoms in total. The molecule has 6 heteroatoms. The Morgan fingerprint density at radius 3 is 3.17 bits per heavy atom. The van der Waals surface area contributed by atoms with E-state index in [0.29, 0.717) is 13.1 Å². The Morgan fingerprint density at radius 2 is 2.42 bits per heavy atom. The Bertz CT molecular complexity index is 198. The maximum absolute atomic E-state index is 9.19. The fourth-order valence-electron chi connectivity index (χ4n) is 1.63. The summed E-state index contributed by atoms with van der Waals surface area (Å²) >= 11 is 0. The topological polar surface area (TPSA) is 60.7 Å². The van der Waals surface area contributed by atoms with E-state index in [1.54, 1.807) is 7.11 Å². The Balaban J connectivity index is 2.02. The summed E-state index contributed by atoms with van der Waals surface area (Å²) in [7, 11) is 1.58. The van der Waals surface area contributed by atoms with Gasteiger partial charge in [0.2, 0.25) is 0 Å². The van der Waals surface area contributed by atoms with Crippen molar-refractivity contribution in [2.24, 2.45) is 10.3 Å². The van der Waals surface area contributed by atoms with Crippen LogP contribution in [0.5, 0.6) is 0 Å². The minimum absolute atomic E-state index is 0.0590. The lowest BCUT2D eigenvalue weighted by Gasteiger charge is -2.30. The SMILES string of the molecule is CON1N=NC2CN(O)CCC21. The van der Waals surface area contributed by atoms with Crippen molar-refractivity contribution in [2.45, 2.75) is 18.5 Å². The zero-order valence-corrected chi connectivity index (χ0v) is 6.92. The first-order valence-corrected chi connectivity index (χ1v) is 3.99. The van der Waals surface area contributed by atoms with Gasteiger partial charge in [0, 0.05) is 6.54 Å². The molecule has 0 aromatic heterocycles. The average molecular weight is 172 g/mol. The Kier molecular flexibility index (Phi) is 1.95. The van der Waals surface area contributed by atoms with Crippen molar-refractivity contribution >= 4 is 0 Å². The lowest BCUT2D eigenvalue weighted by Crippen LogP contribution is -2.47. The molecule has 2 aliphatic rings. The van der Waals surface area contributed by atoms with Crippen LogP contribution in [0.2, 0.25) is 0 Å². The molecular weight excluding hydrogens is 160 g/mol. The van der Waals surface area contributed by atoms with Gasteiger partial charge >= 0.3 is 0 Å². The fraction of sp³-hybridized carbons (Fsp3) is 1.00. The zero-order chi connectivity index (χ0) is 8.55. The van der Waals surface area contributed by atoms with Crippen LogP contribution in [0.1, 0.15) is 6.42 Å². The predicted molar refractivity (Wildman–Crippen MR) is 39.3 cm³/mol. The Morgan fingerprint density at radius 1 is 1.58 bits per heavy atom. The second kappa shape index (κ2) is 2.96. The standard InChI is InChI=1S/C6H12N4O2/c1-12-10-6-2-3-9(11)4-5(6)7-8-10/h5-6,11H,2-4H2,1H3. The van der Waals surface area contributed by atoms with Gasteiger partial charge in [0.15, 0.2) is 0 Å². The van der Waals surface area contributed by atoms with E-state index in [1.165, 1.54) is 10.2 Å². The number of hydrogen-bond acceptors (Lipinski definition) is 6. The van der Waals surface area contributed by atoms with Crippen LogP contribution in [0.15, 0.2) is 10.3 Å². The van der Waals surface area contributed by atoms with Crippen molar-refractivity contribution in [2.75, 3.05) is 20.2 Å². The van der Waals surface area contributed by atoms with Crippen LogP contribution >= 0.6 is 0 Å². The first-order valence-electron chi connectivity index (χ1n) is 3.99. The summed E-state index contributed by atoms with van der Waals surface area (Å²) in [4.78, 5) is 4.99. The molecule has 68 valence electrons. The molecule has 2 rings (SSSR count).